The molecule has 3 aromatic rings. The summed E-state index contributed by atoms with van der Waals surface area (Å²) in [5.74, 6) is -0.517. The lowest BCUT2D eigenvalue weighted by Gasteiger charge is -2.30. The fourth-order valence-corrected chi connectivity index (χ4v) is 3.21. The van der Waals surface area contributed by atoms with Crippen LogP contribution in [0, 0.1) is 0 Å². The van der Waals surface area contributed by atoms with Crippen LogP contribution in [0.4, 0.5) is 0 Å². The van der Waals surface area contributed by atoms with Crippen LogP contribution in [0.3, 0.4) is 0 Å². The minimum absolute atomic E-state index is 0.239. The van der Waals surface area contributed by atoms with E-state index in [0.29, 0.717) is 5.56 Å². The molecule has 0 aromatic heterocycles. The molecule has 0 unspecified atom stereocenters. The largest absolute Gasteiger partial charge is 0.452 e. The number of oxime groups is 1. The summed E-state index contributed by atoms with van der Waals surface area (Å²) in [6.07, 6.45) is 0.229. The summed E-state index contributed by atoms with van der Waals surface area (Å²) in [5.41, 5.74) is 2.28. The zero-order chi connectivity index (χ0) is 23.3. The number of esters is 1. The van der Waals surface area contributed by atoms with E-state index in [1.807, 2.05) is 66.7 Å². The number of nitrogens with zero attached hydrogens (tertiary/aromatic N) is 1. The Morgan fingerprint density at radius 1 is 0.818 bits per heavy atom. The molecule has 0 spiro atoms. The molecule has 3 rings (SSSR count). The lowest BCUT2D eigenvalue weighted by atomic mass is 10.1. The molecule has 0 aliphatic heterocycles. The Labute approximate surface area is 193 Å². The second-order valence-electron chi connectivity index (χ2n) is 7.26. The van der Waals surface area contributed by atoms with Crippen molar-refractivity contribution in [1.29, 1.82) is 0 Å². The maximum atomic E-state index is 12.7. The molecule has 170 valence electrons. The Morgan fingerprint density at radius 3 is 1.85 bits per heavy atom. The smallest absolute Gasteiger partial charge is 0.338 e. The van der Waals surface area contributed by atoms with Crippen LogP contribution in [0.1, 0.15) is 21.5 Å². The molecule has 1 N–H and O–H groups in total. The van der Waals surface area contributed by atoms with Crippen LogP contribution in [0.2, 0.25) is 0 Å². The summed E-state index contributed by atoms with van der Waals surface area (Å²) in [7, 11) is 0. The molecule has 0 fully saturated rings. The Morgan fingerprint density at radius 2 is 1.33 bits per heavy atom. The summed E-state index contributed by atoms with van der Waals surface area (Å²) in [4.78, 5) is 12.7. The zero-order valence-corrected chi connectivity index (χ0v) is 18.2. The van der Waals surface area contributed by atoms with Gasteiger partial charge in [0.1, 0.15) is 18.3 Å². The molecule has 0 saturated heterocycles. The van der Waals surface area contributed by atoms with Gasteiger partial charge in [-0.1, -0.05) is 90.6 Å². The molecule has 3 aromatic carbocycles. The quantitative estimate of drug-likeness (QED) is 0.139. The maximum Gasteiger partial charge on any atom is 0.338 e. The van der Waals surface area contributed by atoms with Crippen molar-refractivity contribution >= 4 is 12.2 Å². The Kier molecular flexibility index (Phi) is 9.39. The number of carbonyl (C=O) groups excluding carboxylic acids is 1. The molecule has 0 aliphatic rings. The summed E-state index contributed by atoms with van der Waals surface area (Å²) in [6, 6.07) is 27.8. The molecule has 0 saturated carbocycles. The van der Waals surface area contributed by atoms with Crippen LogP contribution in [0.15, 0.2) is 109 Å². The van der Waals surface area contributed by atoms with Crippen molar-refractivity contribution in [2.75, 3.05) is 0 Å². The highest BCUT2D eigenvalue weighted by molar-refractivity contribution is 5.89. The summed E-state index contributed by atoms with van der Waals surface area (Å²) < 4.78 is 17.9. The summed E-state index contributed by atoms with van der Waals surface area (Å²) >= 11 is 0. The van der Waals surface area contributed by atoms with E-state index in [2.05, 4.69) is 11.7 Å². The van der Waals surface area contributed by atoms with Gasteiger partial charge in [0, 0.05) is 0 Å². The Hall–Kier alpha value is -3.74. The van der Waals surface area contributed by atoms with Gasteiger partial charge >= 0.3 is 5.97 Å². The van der Waals surface area contributed by atoms with Crippen molar-refractivity contribution in [1.82, 2.24) is 0 Å². The molecule has 33 heavy (non-hydrogen) atoms. The first-order valence-electron chi connectivity index (χ1n) is 10.6. The van der Waals surface area contributed by atoms with E-state index >= 15 is 0 Å². The van der Waals surface area contributed by atoms with Crippen LogP contribution in [0.25, 0.3) is 0 Å². The fraction of sp³-hybridized carbons (Fsp3) is 0.185. The highest BCUT2D eigenvalue weighted by atomic mass is 16.6. The van der Waals surface area contributed by atoms with Crippen molar-refractivity contribution in [3.63, 3.8) is 0 Å². The van der Waals surface area contributed by atoms with E-state index in [0.717, 1.165) is 11.1 Å². The van der Waals surface area contributed by atoms with E-state index in [-0.39, 0.29) is 13.2 Å². The predicted molar refractivity (Wildman–Crippen MR) is 126 cm³/mol. The summed E-state index contributed by atoms with van der Waals surface area (Å²) in [6.45, 7) is 4.31. The second-order valence-corrected chi connectivity index (χ2v) is 7.26. The van der Waals surface area contributed by atoms with E-state index in [9.17, 15) is 10.0 Å². The minimum Gasteiger partial charge on any atom is -0.452 e. The number of ether oxygens (including phenoxy) is 3. The van der Waals surface area contributed by atoms with Gasteiger partial charge in [-0.05, 0) is 29.3 Å². The Bertz CT molecular complexity index is 1010. The normalized spacial score (nSPS) is 13.8. The molecule has 0 heterocycles. The molecule has 0 amide bonds. The topological polar surface area (TPSA) is 77.4 Å². The molecule has 0 radical (unpaired) electrons. The number of hydrogen-bond acceptors (Lipinski definition) is 6. The monoisotopic (exact) mass is 445 g/mol. The highest BCUT2D eigenvalue weighted by Gasteiger charge is 2.32. The first-order chi connectivity index (χ1) is 16.2. The van der Waals surface area contributed by atoms with Gasteiger partial charge in [0.2, 0.25) is 0 Å². The molecule has 6 heteroatoms. The van der Waals surface area contributed by atoms with Crippen LogP contribution in [-0.2, 0) is 27.4 Å². The average molecular weight is 446 g/mol. The number of hydrogen-bond donors (Lipinski definition) is 1. The van der Waals surface area contributed by atoms with Gasteiger partial charge in [-0.3, -0.25) is 0 Å². The lowest BCUT2D eigenvalue weighted by Crippen LogP contribution is -2.43. The number of rotatable bonds is 12. The predicted octanol–water partition coefficient (Wildman–Crippen LogP) is 5.03. The van der Waals surface area contributed by atoms with Gasteiger partial charge in [-0.2, -0.15) is 0 Å². The third kappa shape index (κ3) is 7.42. The van der Waals surface area contributed by atoms with Gasteiger partial charge in [0.05, 0.1) is 25.0 Å². The van der Waals surface area contributed by atoms with Gasteiger partial charge in [-0.15, -0.1) is 0 Å². The Balaban J connectivity index is 1.81. The van der Waals surface area contributed by atoms with Gasteiger partial charge in [0.25, 0.3) is 0 Å². The van der Waals surface area contributed by atoms with Crippen LogP contribution >= 0.6 is 0 Å². The van der Waals surface area contributed by atoms with Gasteiger partial charge < -0.3 is 19.4 Å². The van der Waals surface area contributed by atoms with Crippen LogP contribution in [-0.4, -0.2) is 35.7 Å². The summed E-state index contributed by atoms with van der Waals surface area (Å²) in [5, 5.41) is 12.5. The van der Waals surface area contributed by atoms with Crippen LogP contribution in [0.5, 0.6) is 0 Å². The minimum atomic E-state index is -0.861. The van der Waals surface area contributed by atoms with Crippen molar-refractivity contribution in [2.24, 2.45) is 5.16 Å². The van der Waals surface area contributed by atoms with Gasteiger partial charge in [-0.25, -0.2) is 4.79 Å². The molecular weight excluding hydrogens is 418 g/mol. The molecule has 3 atom stereocenters. The third-order valence-corrected chi connectivity index (χ3v) is 4.92. The van der Waals surface area contributed by atoms with Crippen molar-refractivity contribution in [2.45, 2.75) is 31.5 Å². The SMILES string of the molecule is C=C[C@@H](OC(=O)c1ccccc1)[C@H](OCc1ccccc1)[C@H](/C=N/O)OCc1ccccc1. The molecular formula is C27H27NO5. The third-order valence-electron chi connectivity index (χ3n) is 4.92. The van der Waals surface area contributed by atoms with E-state index in [4.69, 9.17) is 14.2 Å². The van der Waals surface area contributed by atoms with E-state index < -0.39 is 24.3 Å². The average Bonchev–Trinajstić information content (AvgIpc) is 2.88. The second kappa shape index (κ2) is 13.0. The number of carbonyl (C=O) groups is 1. The standard InChI is InChI=1S/C27H27NO5/c1-2-24(33-27(29)23-16-10-5-11-17-23)26(32-20-22-14-8-4-9-15-22)25(18-28-30)31-19-21-12-6-3-7-13-21/h2-18,24-26,30H,1,19-20H2/b28-18+/t24-,25+,26+/m1/s1. The van der Waals surface area contributed by atoms with Crippen molar-refractivity contribution < 1.29 is 24.2 Å². The van der Waals surface area contributed by atoms with Gasteiger partial charge in [0.15, 0.2) is 0 Å². The first kappa shape index (κ1) is 23.9. The highest BCUT2D eigenvalue weighted by Crippen LogP contribution is 2.18. The van der Waals surface area contributed by atoms with Crippen molar-refractivity contribution in [3.05, 3.63) is 120 Å². The molecule has 6 nitrogen and oxygen atoms in total. The van der Waals surface area contributed by atoms with E-state index in [1.54, 1.807) is 24.3 Å². The first-order valence-corrected chi connectivity index (χ1v) is 10.6. The van der Waals surface area contributed by atoms with E-state index in [1.165, 1.54) is 12.3 Å². The molecule has 0 aliphatic carbocycles. The molecule has 0 bridgehead atoms. The zero-order valence-electron chi connectivity index (χ0n) is 18.2. The maximum absolute atomic E-state index is 12.7. The fourth-order valence-electron chi connectivity index (χ4n) is 3.21. The lowest BCUT2D eigenvalue weighted by molar-refractivity contribution is -0.0998. The van der Waals surface area contributed by atoms with Crippen LogP contribution < -0.4 is 0 Å². The number of benzene rings is 3. The van der Waals surface area contributed by atoms with Crippen molar-refractivity contribution in [3.8, 4) is 0 Å².